The van der Waals surface area contributed by atoms with Gasteiger partial charge < -0.3 is 9.67 Å². The molecule has 4 nitrogen and oxygen atoms in total. The zero-order valence-electron chi connectivity index (χ0n) is 14.1. The molecule has 0 aliphatic rings. The van der Waals surface area contributed by atoms with Crippen LogP contribution in [0.25, 0.3) is 22.2 Å². The van der Waals surface area contributed by atoms with Crippen LogP contribution in [0.15, 0.2) is 67.0 Å². The normalized spacial score (nSPS) is 11.0. The highest BCUT2D eigenvalue weighted by molar-refractivity contribution is 6.35. The second-order valence-corrected chi connectivity index (χ2v) is 7.04. The lowest BCUT2D eigenvalue weighted by molar-refractivity contribution is 0.0697. The predicted octanol–water partition coefficient (Wildman–Crippen LogP) is 5.76. The molecule has 4 aromatic rings. The van der Waals surface area contributed by atoms with E-state index in [1.54, 1.807) is 30.5 Å². The van der Waals surface area contributed by atoms with Gasteiger partial charge >= 0.3 is 5.97 Å². The maximum absolute atomic E-state index is 11.2. The summed E-state index contributed by atoms with van der Waals surface area (Å²) in [6.45, 7) is 0.595. The minimum atomic E-state index is -0.960. The number of carboxylic acids is 1. The minimum absolute atomic E-state index is 0.234. The molecule has 4 rings (SSSR count). The van der Waals surface area contributed by atoms with Crippen molar-refractivity contribution in [3.63, 3.8) is 0 Å². The molecule has 134 valence electrons. The molecule has 2 aromatic carbocycles. The first-order valence-corrected chi connectivity index (χ1v) is 8.99. The number of carbonyl (C=O) groups is 1. The van der Waals surface area contributed by atoms with E-state index in [-0.39, 0.29) is 5.56 Å². The Balaban J connectivity index is 1.75. The molecule has 0 saturated heterocycles. The van der Waals surface area contributed by atoms with Gasteiger partial charge in [0.15, 0.2) is 0 Å². The number of carboxylic acid groups (broad SMARTS) is 1. The molecule has 0 unspecified atom stereocenters. The molecule has 6 heteroatoms. The molecule has 1 N–H and O–H groups in total. The first-order valence-electron chi connectivity index (χ1n) is 8.24. The highest BCUT2D eigenvalue weighted by Crippen LogP contribution is 2.26. The molecule has 0 aliphatic heterocycles. The number of hydrogen-bond acceptors (Lipinski definition) is 2. The smallest absolute Gasteiger partial charge is 0.335 e. The van der Waals surface area contributed by atoms with Gasteiger partial charge in [-0.3, -0.25) is 4.98 Å². The number of benzene rings is 2. The van der Waals surface area contributed by atoms with Gasteiger partial charge in [0.1, 0.15) is 0 Å². The molecule has 0 fully saturated rings. The summed E-state index contributed by atoms with van der Waals surface area (Å²) < 4.78 is 2.08. The number of rotatable bonds is 4. The lowest BCUT2D eigenvalue weighted by Gasteiger charge is -2.09. The fraction of sp³-hybridized carbons (Fsp3) is 0.0476. The van der Waals surface area contributed by atoms with Gasteiger partial charge in [-0.2, -0.15) is 0 Å². The quantitative estimate of drug-likeness (QED) is 0.477. The van der Waals surface area contributed by atoms with Crippen molar-refractivity contribution in [2.45, 2.75) is 6.54 Å². The van der Waals surface area contributed by atoms with E-state index in [1.165, 1.54) is 0 Å². The largest absolute Gasteiger partial charge is 0.478 e. The molecule has 0 saturated carbocycles. The van der Waals surface area contributed by atoms with Crippen molar-refractivity contribution in [2.75, 3.05) is 0 Å². The molecular formula is C21H14Cl2N2O2. The second kappa shape index (κ2) is 7.06. The number of pyridine rings is 1. The number of halogens is 2. The van der Waals surface area contributed by atoms with Gasteiger partial charge in [-0.25, -0.2) is 4.79 Å². The van der Waals surface area contributed by atoms with Gasteiger partial charge in [-0.05, 0) is 42.0 Å². The van der Waals surface area contributed by atoms with E-state index in [1.807, 2.05) is 36.5 Å². The number of hydrogen-bond donors (Lipinski definition) is 1. The Kier molecular flexibility index (Phi) is 4.60. The lowest BCUT2D eigenvalue weighted by atomic mass is 10.1. The summed E-state index contributed by atoms with van der Waals surface area (Å²) in [5, 5.41) is 11.4. The highest BCUT2D eigenvalue weighted by atomic mass is 35.5. The average Bonchev–Trinajstić information content (AvgIpc) is 3.06. The van der Waals surface area contributed by atoms with Crippen LogP contribution in [0, 0.1) is 0 Å². The Labute approximate surface area is 165 Å². The molecule has 0 spiro atoms. The first kappa shape index (κ1) is 17.6. The molecule has 2 aromatic heterocycles. The molecule has 2 heterocycles. The van der Waals surface area contributed by atoms with Crippen molar-refractivity contribution < 1.29 is 9.90 Å². The van der Waals surface area contributed by atoms with Crippen LogP contribution in [0.1, 0.15) is 15.9 Å². The van der Waals surface area contributed by atoms with Crippen molar-refractivity contribution in [1.29, 1.82) is 0 Å². The van der Waals surface area contributed by atoms with Crippen LogP contribution < -0.4 is 0 Å². The van der Waals surface area contributed by atoms with Crippen molar-refractivity contribution in [3.05, 3.63) is 88.2 Å². The van der Waals surface area contributed by atoms with Crippen LogP contribution in [0.3, 0.4) is 0 Å². The van der Waals surface area contributed by atoms with Crippen molar-refractivity contribution in [3.8, 4) is 11.3 Å². The maximum Gasteiger partial charge on any atom is 0.335 e. The highest BCUT2D eigenvalue weighted by Gasteiger charge is 2.10. The average molecular weight is 397 g/mol. The molecule has 27 heavy (non-hydrogen) atoms. The molecule has 0 aliphatic carbocycles. The number of nitrogens with zero attached hydrogens (tertiary/aromatic N) is 2. The summed E-state index contributed by atoms with van der Waals surface area (Å²) in [6, 6.07) is 16.2. The zero-order valence-corrected chi connectivity index (χ0v) is 15.6. The van der Waals surface area contributed by atoms with E-state index < -0.39 is 5.97 Å². The topological polar surface area (TPSA) is 55.1 Å². The summed E-state index contributed by atoms with van der Waals surface area (Å²) in [5.74, 6) is -0.960. The van der Waals surface area contributed by atoms with Crippen LogP contribution in [-0.4, -0.2) is 20.6 Å². The summed E-state index contributed by atoms with van der Waals surface area (Å²) in [6.07, 6.45) is 3.77. The standard InChI is InChI=1S/C21H14Cl2N2O2/c22-17-5-4-16(18(23)9-17)12-25-7-6-15-11-24-19(10-20(15)25)13-2-1-3-14(8-13)21(26)27/h1-11H,12H2,(H,26,27). The Morgan fingerprint density at radius 1 is 1.07 bits per heavy atom. The van der Waals surface area contributed by atoms with Gasteiger partial charge in [0, 0.05) is 39.9 Å². The Morgan fingerprint density at radius 2 is 1.93 bits per heavy atom. The fourth-order valence-electron chi connectivity index (χ4n) is 3.02. The van der Waals surface area contributed by atoms with Crippen LogP contribution in [0.2, 0.25) is 10.0 Å². The summed E-state index contributed by atoms with van der Waals surface area (Å²) in [4.78, 5) is 15.7. The Hall–Kier alpha value is -2.82. The SMILES string of the molecule is O=C(O)c1cccc(-c2cc3c(ccn3Cc3ccc(Cl)cc3Cl)cn2)c1. The van der Waals surface area contributed by atoms with E-state index in [2.05, 4.69) is 9.55 Å². The Bertz CT molecular complexity index is 1170. The summed E-state index contributed by atoms with van der Waals surface area (Å²) in [5.41, 5.74) is 3.66. The van der Waals surface area contributed by atoms with Crippen LogP contribution >= 0.6 is 23.2 Å². The van der Waals surface area contributed by atoms with E-state index in [4.69, 9.17) is 23.2 Å². The molecule has 0 atom stereocenters. The third-order valence-corrected chi connectivity index (χ3v) is 5.00. The lowest BCUT2D eigenvalue weighted by Crippen LogP contribution is -1.99. The molecule has 0 amide bonds. The van der Waals surface area contributed by atoms with Gasteiger partial charge in [0.25, 0.3) is 0 Å². The van der Waals surface area contributed by atoms with E-state index >= 15 is 0 Å². The second-order valence-electron chi connectivity index (χ2n) is 6.19. The van der Waals surface area contributed by atoms with Crippen molar-refractivity contribution in [1.82, 2.24) is 9.55 Å². The molecule has 0 bridgehead atoms. The number of aromatic carboxylic acids is 1. The van der Waals surface area contributed by atoms with Crippen molar-refractivity contribution >= 4 is 40.1 Å². The molecular weight excluding hydrogens is 383 g/mol. The van der Waals surface area contributed by atoms with Crippen LogP contribution in [0.5, 0.6) is 0 Å². The molecule has 0 radical (unpaired) electrons. The fourth-order valence-corrected chi connectivity index (χ4v) is 3.49. The van der Waals surface area contributed by atoms with Gasteiger partial charge in [0.05, 0.1) is 16.8 Å². The predicted molar refractivity (Wildman–Crippen MR) is 108 cm³/mol. The van der Waals surface area contributed by atoms with Crippen molar-refractivity contribution in [2.24, 2.45) is 0 Å². The number of fused-ring (bicyclic) bond motifs is 1. The Morgan fingerprint density at radius 3 is 2.70 bits per heavy atom. The van der Waals surface area contributed by atoms with E-state index in [0.717, 1.165) is 22.0 Å². The van der Waals surface area contributed by atoms with Crippen LogP contribution in [0.4, 0.5) is 0 Å². The van der Waals surface area contributed by atoms with Crippen LogP contribution in [-0.2, 0) is 6.54 Å². The monoisotopic (exact) mass is 396 g/mol. The summed E-state index contributed by atoms with van der Waals surface area (Å²) in [7, 11) is 0. The first-order chi connectivity index (χ1) is 13.0. The van der Waals surface area contributed by atoms with Gasteiger partial charge in [0.2, 0.25) is 0 Å². The van der Waals surface area contributed by atoms with Gasteiger partial charge in [-0.1, -0.05) is 41.4 Å². The van der Waals surface area contributed by atoms with E-state index in [9.17, 15) is 9.90 Å². The van der Waals surface area contributed by atoms with Gasteiger partial charge in [-0.15, -0.1) is 0 Å². The maximum atomic E-state index is 11.2. The minimum Gasteiger partial charge on any atom is -0.478 e. The third kappa shape index (κ3) is 3.54. The van der Waals surface area contributed by atoms with E-state index in [0.29, 0.717) is 22.3 Å². The zero-order chi connectivity index (χ0) is 19.0. The number of aromatic nitrogens is 2. The third-order valence-electron chi connectivity index (χ3n) is 4.42. The summed E-state index contributed by atoms with van der Waals surface area (Å²) >= 11 is 12.3.